The maximum absolute atomic E-state index is 12.6. The van der Waals surface area contributed by atoms with E-state index in [4.69, 9.17) is 4.74 Å². The van der Waals surface area contributed by atoms with E-state index in [1.165, 1.54) is 0 Å². The molecule has 0 aromatic heterocycles. The summed E-state index contributed by atoms with van der Waals surface area (Å²) in [5.41, 5.74) is 3.49. The van der Waals surface area contributed by atoms with Crippen molar-refractivity contribution in [1.82, 2.24) is 0 Å². The largest absolute Gasteiger partial charge is 0.451 e. The molecule has 2 aromatic rings. The molecule has 2 aromatic carbocycles. The second-order valence-corrected chi connectivity index (χ2v) is 7.53. The summed E-state index contributed by atoms with van der Waals surface area (Å²) in [5.74, 6) is -0.872. The van der Waals surface area contributed by atoms with Crippen molar-refractivity contribution >= 4 is 29.0 Å². The van der Waals surface area contributed by atoms with E-state index in [2.05, 4.69) is 10.2 Å². The maximum Gasteiger partial charge on any atom is 0.338 e. The van der Waals surface area contributed by atoms with E-state index in [0.717, 1.165) is 37.1 Å². The first-order valence-corrected chi connectivity index (χ1v) is 10.0. The van der Waals surface area contributed by atoms with Crippen LogP contribution in [0.2, 0.25) is 0 Å². The number of rotatable bonds is 5. The molecule has 6 nitrogen and oxygen atoms in total. The van der Waals surface area contributed by atoms with Crippen LogP contribution in [0.25, 0.3) is 0 Å². The summed E-state index contributed by atoms with van der Waals surface area (Å²) in [6.45, 7) is 4.45. The number of benzene rings is 2. The topological polar surface area (TPSA) is 75.7 Å². The minimum absolute atomic E-state index is 0.0420. The lowest BCUT2D eigenvalue weighted by atomic mass is 10.0. The number of nitrogens with zero attached hydrogens (tertiary/aromatic N) is 1. The Balaban J connectivity index is 1.47. The first-order valence-electron chi connectivity index (χ1n) is 10.0. The van der Waals surface area contributed by atoms with E-state index >= 15 is 0 Å². The predicted octanol–water partition coefficient (Wildman–Crippen LogP) is 3.60. The molecule has 0 radical (unpaired) electrons. The first-order chi connectivity index (χ1) is 14.0. The van der Waals surface area contributed by atoms with Crippen molar-refractivity contribution in [2.24, 2.45) is 0 Å². The van der Waals surface area contributed by atoms with Gasteiger partial charge in [0.1, 0.15) is 6.04 Å². The molecule has 150 valence electrons. The molecule has 29 heavy (non-hydrogen) atoms. The van der Waals surface area contributed by atoms with E-state index < -0.39 is 12.1 Å². The van der Waals surface area contributed by atoms with Crippen LogP contribution < -0.4 is 10.2 Å². The van der Waals surface area contributed by atoms with Crippen LogP contribution in [0.4, 0.5) is 11.4 Å². The van der Waals surface area contributed by atoms with E-state index in [1.54, 1.807) is 31.2 Å². The molecule has 6 heteroatoms. The SMILES string of the molecule is CCc1ccc(C(=O)[C@H](C)OC(=O)c2ccc3c(c2)NC(=O)[C@@H]2CCCN32)cc1. The van der Waals surface area contributed by atoms with Gasteiger partial charge in [-0.1, -0.05) is 31.2 Å². The molecule has 4 rings (SSSR count). The molecule has 2 aliphatic heterocycles. The number of carbonyl (C=O) groups excluding carboxylic acids is 3. The summed E-state index contributed by atoms with van der Waals surface area (Å²) >= 11 is 0. The molecular formula is C23H24N2O4. The third kappa shape index (κ3) is 3.62. The number of esters is 1. The van der Waals surface area contributed by atoms with Gasteiger partial charge in [0, 0.05) is 12.1 Å². The molecular weight excluding hydrogens is 368 g/mol. The number of hydrogen-bond acceptors (Lipinski definition) is 5. The molecule has 0 saturated carbocycles. The molecule has 1 saturated heterocycles. The number of Topliss-reactive ketones (excluding diaryl/α,β-unsaturated/α-hetero) is 1. The van der Waals surface area contributed by atoms with Gasteiger partial charge in [-0.3, -0.25) is 9.59 Å². The quantitative estimate of drug-likeness (QED) is 0.622. The van der Waals surface area contributed by atoms with Crippen molar-refractivity contribution in [3.63, 3.8) is 0 Å². The van der Waals surface area contributed by atoms with Crippen molar-refractivity contribution in [3.8, 4) is 0 Å². The molecule has 0 spiro atoms. The van der Waals surface area contributed by atoms with Crippen LogP contribution in [0.15, 0.2) is 42.5 Å². The number of ether oxygens (including phenoxy) is 1. The average Bonchev–Trinajstić information content (AvgIpc) is 3.23. The monoisotopic (exact) mass is 392 g/mol. The molecule has 2 aliphatic rings. The summed E-state index contributed by atoms with van der Waals surface area (Å²) in [7, 11) is 0. The third-order valence-corrected chi connectivity index (χ3v) is 5.65. The zero-order valence-corrected chi connectivity index (χ0v) is 16.6. The van der Waals surface area contributed by atoms with Crippen molar-refractivity contribution in [2.45, 2.75) is 45.3 Å². The number of ketones is 1. The molecule has 2 heterocycles. The summed E-state index contributed by atoms with van der Waals surface area (Å²) in [4.78, 5) is 39.5. The number of aryl methyl sites for hydroxylation is 1. The van der Waals surface area contributed by atoms with E-state index in [-0.39, 0.29) is 17.7 Å². The average molecular weight is 392 g/mol. The van der Waals surface area contributed by atoms with Gasteiger partial charge >= 0.3 is 5.97 Å². The number of fused-ring (bicyclic) bond motifs is 3. The number of hydrogen-bond donors (Lipinski definition) is 1. The van der Waals surface area contributed by atoms with Gasteiger partial charge in [0.25, 0.3) is 0 Å². The Morgan fingerprint density at radius 3 is 2.62 bits per heavy atom. The maximum atomic E-state index is 12.6. The fourth-order valence-electron chi connectivity index (χ4n) is 3.98. The van der Waals surface area contributed by atoms with Gasteiger partial charge in [-0.15, -0.1) is 0 Å². The van der Waals surface area contributed by atoms with Gasteiger partial charge in [-0.05, 0) is 49.9 Å². The Labute approximate surface area is 169 Å². The molecule has 0 bridgehead atoms. The van der Waals surface area contributed by atoms with Crippen LogP contribution in [0.5, 0.6) is 0 Å². The minimum atomic E-state index is -0.899. The summed E-state index contributed by atoms with van der Waals surface area (Å²) < 4.78 is 5.40. The van der Waals surface area contributed by atoms with E-state index in [1.807, 2.05) is 25.1 Å². The highest BCUT2D eigenvalue weighted by atomic mass is 16.5. The smallest absolute Gasteiger partial charge is 0.338 e. The zero-order chi connectivity index (χ0) is 20.5. The highest BCUT2D eigenvalue weighted by Crippen LogP contribution is 2.37. The third-order valence-electron chi connectivity index (χ3n) is 5.65. The van der Waals surface area contributed by atoms with Gasteiger partial charge < -0.3 is 15.0 Å². The van der Waals surface area contributed by atoms with Crippen molar-refractivity contribution in [2.75, 3.05) is 16.8 Å². The Hall–Kier alpha value is -3.15. The van der Waals surface area contributed by atoms with Gasteiger partial charge in [-0.2, -0.15) is 0 Å². The Kier molecular flexibility index (Phi) is 5.09. The fourth-order valence-corrected chi connectivity index (χ4v) is 3.98. The second-order valence-electron chi connectivity index (χ2n) is 7.53. The lowest BCUT2D eigenvalue weighted by molar-refractivity contribution is -0.117. The molecule has 0 aliphatic carbocycles. The Bertz CT molecular complexity index is 967. The number of carbonyl (C=O) groups is 3. The van der Waals surface area contributed by atoms with Gasteiger partial charge in [0.2, 0.25) is 11.7 Å². The standard InChI is InChI=1S/C23H24N2O4/c1-3-15-6-8-16(9-7-15)21(26)14(2)29-23(28)17-10-11-19-18(13-17)24-22(27)20-5-4-12-25(19)20/h6-11,13-14,20H,3-5,12H2,1-2H3,(H,24,27)/t14-,20-/m0/s1. The number of nitrogens with one attached hydrogen (secondary N) is 1. The normalized spacial score (nSPS) is 18.5. The molecule has 0 unspecified atom stereocenters. The highest BCUT2D eigenvalue weighted by Gasteiger charge is 2.36. The molecule has 2 atom stereocenters. The van der Waals surface area contributed by atoms with Crippen LogP contribution >= 0.6 is 0 Å². The summed E-state index contributed by atoms with van der Waals surface area (Å²) in [6, 6.07) is 12.3. The minimum Gasteiger partial charge on any atom is -0.451 e. The molecule has 1 amide bonds. The zero-order valence-electron chi connectivity index (χ0n) is 16.6. The lowest BCUT2D eigenvalue weighted by Crippen LogP contribution is -2.43. The number of amides is 1. The molecule has 1 fully saturated rings. The Morgan fingerprint density at radius 1 is 1.17 bits per heavy atom. The van der Waals surface area contributed by atoms with Crippen LogP contribution in [0.1, 0.15) is 53.0 Å². The number of anilines is 2. The van der Waals surface area contributed by atoms with Crippen LogP contribution in [-0.2, 0) is 16.0 Å². The van der Waals surface area contributed by atoms with Gasteiger partial charge in [0.15, 0.2) is 6.10 Å². The van der Waals surface area contributed by atoms with Crippen LogP contribution in [0, 0.1) is 0 Å². The van der Waals surface area contributed by atoms with Crippen molar-refractivity contribution < 1.29 is 19.1 Å². The molecule has 1 N–H and O–H groups in total. The lowest BCUT2D eigenvalue weighted by Gasteiger charge is -2.33. The van der Waals surface area contributed by atoms with Crippen LogP contribution in [-0.4, -0.2) is 36.4 Å². The van der Waals surface area contributed by atoms with Crippen molar-refractivity contribution in [3.05, 3.63) is 59.2 Å². The second kappa shape index (κ2) is 7.70. The summed E-state index contributed by atoms with van der Waals surface area (Å²) in [5, 5.41) is 2.88. The van der Waals surface area contributed by atoms with Crippen molar-refractivity contribution in [1.29, 1.82) is 0 Å². The van der Waals surface area contributed by atoms with E-state index in [0.29, 0.717) is 16.8 Å². The Morgan fingerprint density at radius 2 is 1.90 bits per heavy atom. The van der Waals surface area contributed by atoms with E-state index in [9.17, 15) is 14.4 Å². The van der Waals surface area contributed by atoms with Gasteiger partial charge in [0.05, 0.1) is 16.9 Å². The fraction of sp³-hybridized carbons (Fsp3) is 0.348. The first kappa shape index (κ1) is 19.2. The van der Waals surface area contributed by atoms with Crippen LogP contribution in [0.3, 0.4) is 0 Å². The highest BCUT2D eigenvalue weighted by molar-refractivity contribution is 6.06. The van der Waals surface area contributed by atoms with Gasteiger partial charge in [-0.25, -0.2) is 4.79 Å². The summed E-state index contributed by atoms with van der Waals surface area (Å²) in [6.07, 6.45) is 1.81. The predicted molar refractivity (Wildman–Crippen MR) is 110 cm³/mol.